The highest BCUT2D eigenvalue weighted by molar-refractivity contribution is 5.81. The summed E-state index contributed by atoms with van der Waals surface area (Å²) in [6.07, 6.45) is 2.87. The minimum atomic E-state index is -0.353. The van der Waals surface area contributed by atoms with Crippen LogP contribution in [-0.4, -0.2) is 42.5 Å². The zero-order valence-corrected chi connectivity index (χ0v) is 11.8. The summed E-state index contributed by atoms with van der Waals surface area (Å²) >= 11 is 0. The molecule has 0 aliphatic carbocycles. The molecular formula is C13H29N3O. The lowest BCUT2D eigenvalue weighted by atomic mass is 10.1. The van der Waals surface area contributed by atoms with E-state index in [1.54, 1.807) is 0 Å². The summed E-state index contributed by atoms with van der Waals surface area (Å²) in [5.74, 6) is -0.0156. The largest absolute Gasteiger partial charge is 0.351 e. The van der Waals surface area contributed by atoms with Crippen LogP contribution in [0.25, 0.3) is 0 Å². The Hall–Kier alpha value is -0.610. The van der Waals surface area contributed by atoms with Crippen LogP contribution in [0.3, 0.4) is 0 Å². The van der Waals surface area contributed by atoms with Crippen LogP contribution in [0, 0.1) is 0 Å². The Labute approximate surface area is 106 Å². The minimum Gasteiger partial charge on any atom is -0.351 e. The molecule has 0 rings (SSSR count). The van der Waals surface area contributed by atoms with E-state index in [2.05, 4.69) is 31.0 Å². The van der Waals surface area contributed by atoms with Crippen LogP contribution in [0.2, 0.25) is 0 Å². The molecule has 0 spiro atoms. The van der Waals surface area contributed by atoms with E-state index in [1.165, 1.54) is 0 Å². The molecule has 4 heteroatoms. The van der Waals surface area contributed by atoms with Gasteiger partial charge in [-0.25, -0.2) is 0 Å². The number of carbonyl (C=O) groups excluding carboxylic acids is 1. The van der Waals surface area contributed by atoms with E-state index in [-0.39, 0.29) is 18.0 Å². The maximum atomic E-state index is 11.8. The number of nitrogens with one attached hydrogen (secondary N) is 1. The topological polar surface area (TPSA) is 58.4 Å². The van der Waals surface area contributed by atoms with Crippen LogP contribution in [0.5, 0.6) is 0 Å². The zero-order chi connectivity index (χ0) is 13.3. The SMILES string of the molecule is CCCCC(N)C(=O)NC(C)CN(CC)CC. The molecule has 0 heterocycles. The zero-order valence-electron chi connectivity index (χ0n) is 11.8. The normalized spacial score (nSPS) is 14.7. The molecular weight excluding hydrogens is 214 g/mol. The number of nitrogens with zero attached hydrogens (tertiary/aromatic N) is 1. The average molecular weight is 243 g/mol. The van der Waals surface area contributed by atoms with Gasteiger partial charge in [-0.1, -0.05) is 33.6 Å². The number of nitrogens with two attached hydrogens (primary N) is 1. The molecule has 0 aromatic carbocycles. The summed E-state index contributed by atoms with van der Waals surface area (Å²) in [5.41, 5.74) is 5.82. The van der Waals surface area contributed by atoms with Crippen molar-refractivity contribution >= 4 is 5.91 Å². The molecule has 0 aromatic heterocycles. The second-order valence-electron chi connectivity index (χ2n) is 4.64. The monoisotopic (exact) mass is 243 g/mol. The Balaban J connectivity index is 3.93. The number of hydrogen-bond donors (Lipinski definition) is 2. The lowest BCUT2D eigenvalue weighted by molar-refractivity contribution is -0.123. The molecule has 102 valence electrons. The van der Waals surface area contributed by atoms with Crippen LogP contribution in [0.1, 0.15) is 47.0 Å². The first-order valence-electron chi connectivity index (χ1n) is 6.83. The van der Waals surface area contributed by atoms with E-state index in [0.29, 0.717) is 0 Å². The van der Waals surface area contributed by atoms with E-state index in [1.807, 2.05) is 6.92 Å². The maximum Gasteiger partial charge on any atom is 0.237 e. The van der Waals surface area contributed by atoms with E-state index >= 15 is 0 Å². The van der Waals surface area contributed by atoms with Gasteiger partial charge in [-0.2, -0.15) is 0 Å². The smallest absolute Gasteiger partial charge is 0.237 e. The Kier molecular flexibility index (Phi) is 9.09. The van der Waals surface area contributed by atoms with Gasteiger partial charge in [0, 0.05) is 12.6 Å². The van der Waals surface area contributed by atoms with Crippen molar-refractivity contribution in [1.29, 1.82) is 0 Å². The molecule has 17 heavy (non-hydrogen) atoms. The van der Waals surface area contributed by atoms with Crippen molar-refractivity contribution in [2.24, 2.45) is 5.73 Å². The average Bonchev–Trinajstić information content (AvgIpc) is 2.32. The van der Waals surface area contributed by atoms with E-state index in [9.17, 15) is 4.79 Å². The van der Waals surface area contributed by atoms with Crippen molar-refractivity contribution in [3.8, 4) is 0 Å². The quantitative estimate of drug-likeness (QED) is 0.643. The maximum absolute atomic E-state index is 11.8. The van der Waals surface area contributed by atoms with Gasteiger partial charge in [0.15, 0.2) is 0 Å². The first kappa shape index (κ1) is 16.4. The van der Waals surface area contributed by atoms with Crippen molar-refractivity contribution in [3.63, 3.8) is 0 Å². The molecule has 0 aliphatic heterocycles. The van der Waals surface area contributed by atoms with Crippen molar-refractivity contribution < 1.29 is 4.79 Å². The fraction of sp³-hybridized carbons (Fsp3) is 0.923. The second kappa shape index (κ2) is 9.42. The van der Waals surface area contributed by atoms with Gasteiger partial charge < -0.3 is 16.0 Å². The molecule has 1 amide bonds. The fourth-order valence-corrected chi connectivity index (χ4v) is 1.82. The van der Waals surface area contributed by atoms with Crippen LogP contribution in [0.15, 0.2) is 0 Å². The molecule has 0 saturated carbocycles. The van der Waals surface area contributed by atoms with Gasteiger partial charge in [0.1, 0.15) is 0 Å². The lowest BCUT2D eigenvalue weighted by Crippen LogP contribution is -2.48. The van der Waals surface area contributed by atoms with Crippen LogP contribution < -0.4 is 11.1 Å². The Morgan fingerprint density at radius 2 is 1.88 bits per heavy atom. The molecule has 0 aliphatic rings. The number of likely N-dealkylation sites (N-methyl/N-ethyl adjacent to an activating group) is 1. The second-order valence-corrected chi connectivity index (χ2v) is 4.64. The van der Waals surface area contributed by atoms with Gasteiger partial charge in [-0.3, -0.25) is 4.79 Å². The molecule has 0 saturated heterocycles. The molecule has 2 atom stereocenters. The summed E-state index contributed by atoms with van der Waals surface area (Å²) in [6.45, 7) is 11.3. The highest BCUT2D eigenvalue weighted by Crippen LogP contribution is 1.99. The van der Waals surface area contributed by atoms with Gasteiger partial charge >= 0.3 is 0 Å². The summed E-state index contributed by atoms with van der Waals surface area (Å²) in [4.78, 5) is 14.1. The van der Waals surface area contributed by atoms with Crippen molar-refractivity contribution in [1.82, 2.24) is 10.2 Å². The summed E-state index contributed by atoms with van der Waals surface area (Å²) < 4.78 is 0. The molecule has 0 aromatic rings. The van der Waals surface area contributed by atoms with Crippen LogP contribution >= 0.6 is 0 Å². The van der Waals surface area contributed by atoms with E-state index in [0.717, 1.165) is 38.9 Å². The molecule has 2 unspecified atom stereocenters. The number of carbonyl (C=O) groups is 1. The summed E-state index contributed by atoms with van der Waals surface area (Å²) in [5, 5.41) is 2.98. The Morgan fingerprint density at radius 3 is 2.35 bits per heavy atom. The number of amides is 1. The molecule has 0 fully saturated rings. The van der Waals surface area contributed by atoms with E-state index < -0.39 is 0 Å². The third-order valence-corrected chi connectivity index (χ3v) is 3.02. The Morgan fingerprint density at radius 1 is 1.29 bits per heavy atom. The minimum absolute atomic E-state index is 0.0156. The fourth-order valence-electron chi connectivity index (χ4n) is 1.82. The molecule has 3 N–H and O–H groups in total. The van der Waals surface area contributed by atoms with Crippen molar-refractivity contribution in [2.75, 3.05) is 19.6 Å². The number of rotatable bonds is 9. The molecule has 0 radical (unpaired) electrons. The van der Waals surface area contributed by atoms with E-state index in [4.69, 9.17) is 5.73 Å². The highest BCUT2D eigenvalue weighted by atomic mass is 16.2. The first-order chi connectivity index (χ1) is 8.04. The number of unbranched alkanes of at least 4 members (excludes halogenated alkanes) is 1. The van der Waals surface area contributed by atoms with Crippen LogP contribution in [-0.2, 0) is 4.79 Å². The molecule has 0 bridgehead atoms. The predicted octanol–water partition coefficient (Wildman–Crippen LogP) is 1.35. The third kappa shape index (κ3) is 7.34. The predicted molar refractivity (Wildman–Crippen MR) is 72.9 cm³/mol. The molecule has 4 nitrogen and oxygen atoms in total. The van der Waals surface area contributed by atoms with Crippen LogP contribution in [0.4, 0.5) is 0 Å². The van der Waals surface area contributed by atoms with Crippen molar-refractivity contribution in [3.05, 3.63) is 0 Å². The van der Waals surface area contributed by atoms with Gasteiger partial charge in [0.05, 0.1) is 6.04 Å². The number of hydrogen-bond acceptors (Lipinski definition) is 3. The van der Waals surface area contributed by atoms with Gasteiger partial charge in [-0.15, -0.1) is 0 Å². The lowest BCUT2D eigenvalue weighted by Gasteiger charge is -2.24. The Bertz CT molecular complexity index is 205. The third-order valence-electron chi connectivity index (χ3n) is 3.02. The standard InChI is InChI=1S/C13H29N3O/c1-5-8-9-12(14)13(17)15-11(4)10-16(6-2)7-3/h11-12H,5-10,14H2,1-4H3,(H,15,17). The van der Waals surface area contributed by atoms with Gasteiger partial charge in [-0.05, 0) is 26.4 Å². The summed E-state index contributed by atoms with van der Waals surface area (Å²) in [7, 11) is 0. The summed E-state index contributed by atoms with van der Waals surface area (Å²) in [6, 6.07) is -0.191. The first-order valence-corrected chi connectivity index (χ1v) is 6.83. The highest BCUT2D eigenvalue weighted by Gasteiger charge is 2.16. The van der Waals surface area contributed by atoms with Gasteiger partial charge in [0.25, 0.3) is 0 Å². The van der Waals surface area contributed by atoms with Crippen molar-refractivity contribution in [2.45, 2.75) is 59.0 Å². The van der Waals surface area contributed by atoms with Gasteiger partial charge in [0.2, 0.25) is 5.91 Å².